The van der Waals surface area contributed by atoms with Gasteiger partial charge in [0, 0.05) is 40.1 Å². The third kappa shape index (κ3) is 4.70. The van der Waals surface area contributed by atoms with Gasteiger partial charge >= 0.3 is 0 Å². The Bertz CT molecular complexity index is 1070. The molecule has 4 rings (SSSR count). The number of hydrogen-bond acceptors (Lipinski definition) is 7. The fourth-order valence-electron chi connectivity index (χ4n) is 2.69. The molecule has 5 nitrogen and oxygen atoms in total. The zero-order valence-corrected chi connectivity index (χ0v) is 17.7. The zero-order valence-electron chi connectivity index (χ0n) is 15.2. The second-order valence-electron chi connectivity index (χ2n) is 6.18. The van der Waals surface area contributed by atoms with E-state index in [1.165, 1.54) is 21.1 Å². The summed E-state index contributed by atoms with van der Waals surface area (Å²) in [5.41, 5.74) is 2.80. The van der Waals surface area contributed by atoms with Crippen LogP contribution in [0.4, 0.5) is 0 Å². The summed E-state index contributed by atoms with van der Waals surface area (Å²) in [6.45, 7) is 2.63. The fraction of sp³-hybridized carbons (Fsp3) is 0.200. The van der Waals surface area contributed by atoms with Crippen molar-refractivity contribution >= 4 is 39.9 Å². The van der Waals surface area contributed by atoms with Crippen LogP contribution in [0.25, 0.3) is 21.1 Å². The van der Waals surface area contributed by atoms with Gasteiger partial charge in [0.1, 0.15) is 5.01 Å². The molecule has 0 bridgehead atoms. The van der Waals surface area contributed by atoms with Gasteiger partial charge < -0.3 is 5.32 Å². The first-order chi connectivity index (χ1) is 13.7. The van der Waals surface area contributed by atoms with Gasteiger partial charge in [-0.1, -0.05) is 0 Å². The van der Waals surface area contributed by atoms with E-state index in [0.717, 1.165) is 33.4 Å². The number of pyridine rings is 1. The van der Waals surface area contributed by atoms with Crippen LogP contribution in [0, 0.1) is 6.92 Å². The summed E-state index contributed by atoms with van der Waals surface area (Å²) >= 11 is 4.93. The van der Waals surface area contributed by atoms with Crippen LogP contribution in [0.1, 0.15) is 15.6 Å². The Morgan fingerprint density at radius 3 is 2.86 bits per heavy atom. The summed E-state index contributed by atoms with van der Waals surface area (Å²) < 4.78 is 0. The first kappa shape index (κ1) is 18.9. The van der Waals surface area contributed by atoms with E-state index in [9.17, 15) is 4.79 Å². The molecule has 0 saturated carbocycles. The molecule has 0 radical (unpaired) electrons. The zero-order chi connectivity index (χ0) is 19.3. The molecule has 8 heteroatoms. The van der Waals surface area contributed by atoms with Crippen LogP contribution in [0.2, 0.25) is 0 Å². The van der Waals surface area contributed by atoms with Crippen LogP contribution < -0.4 is 5.32 Å². The number of aromatic nitrogens is 3. The number of hydrogen-bond donors (Lipinski definition) is 1. The second-order valence-corrected chi connectivity index (χ2v) is 9.27. The molecule has 0 aliphatic heterocycles. The number of nitrogens with zero attached hydrogens (tertiary/aromatic N) is 3. The topological polar surface area (TPSA) is 67.8 Å². The van der Waals surface area contributed by atoms with Gasteiger partial charge in [-0.2, -0.15) is 0 Å². The average molecular weight is 427 g/mol. The summed E-state index contributed by atoms with van der Waals surface area (Å²) in [6, 6.07) is 8.07. The van der Waals surface area contributed by atoms with Gasteiger partial charge in [0.2, 0.25) is 5.91 Å². The maximum Gasteiger partial charge on any atom is 0.226 e. The molecule has 0 aromatic carbocycles. The third-order valence-electron chi connectivity index (χ3n) is 4.03. The van der Waals surface area contributed by atoms with Crippen molar-refractivity contribution in [3.8, 4) is 21.1 Å². The summed E-state index contributed by atoms with van der Waals surface area (Å²) in [7, 11) is 0. The number of amides is 1. The van der Waals surface area contributed by atoms with E-state index >= 15 is 0 Å². The molecule has 0 spiro atoms. The third-order valence-corrected chi connectivity index (χ3v) is 6.91. The molecular weight excluding hydrogens is 408 g/mol. The van der Waals surface area contributed by atoms with Gasteiger partial charge in [-0.05, 0) is 37.6 Å². The summed E-state index contributed by atoms with van der Waals surface area (Å²) in [5.74, 6) is -0.00468. The van der Waals surface area contributed by atoms with Crippen LogP contribution in [0.5, 0.6) is 0 Å². The van der Waals surface area contributed by atoms with Crippen LogP contribution in [-0.4, -0.2) is 27.4 Å². The Balaban J connectivity index is 1.26. The van der Waals surface area contributed by atoms with Gasteiger partial charge in [-0.15, -0.1) is 34.0 Å². The molecule has 0 atom stereocenters. The maximum atomic E-state index is 12.2. The highest BCUT2D eigenvalue weighted by Crippen LogP contribution is 2.29. The quantitative estimate of drug-likeness (QED) is 0.469. The lowest BCUT2D eigenvalue weighted by atomic mass is 10.3. The number of thiophene rings is 1. The molecule has 4 heterocycles. The van der Waals surface area contributed by atoms with Crippen LogP contribution in [-0.2, 0) is 17.6 Å². The number of carbonyl (C=O) groups is 1. The lowest BCUT2D eigenvalue weighted by Gasteiger charge is -2.02. The standard InChI is InChI=1S/C20H18N4OS3/c1-13-23-17(12-26-13)18-5-4-16(28-18)6-8-22-19(25)9-15-11-27-20(24-15)14-3-2-7-21-10-14/h2-5,7,10-12H,6,8-9H2,1H3,(H,22,25). The van der Waals surface area contributed by atoms with Crippen molar-refractivity contribution in [3.05, 3.63) is 63.0 Å². The van der Waals surface area contributed by atoms with Crippen molar-refractivity contribution in [1.29, 1.82) is 0 Å². The lowest BCUT2D eigenvalue weighted by Crippen LogP contribution is -2.27. The molecule has 0 aliphatic rings. The molecule has 0 fully saturated rings. The first-order valence-corrected chi connectivity index (χ1v) is 11.4. The minimum Gasteiger partial charge on any atom is -0.355 e. The predicted molar refractivity (Wildman–Crippen MR) is 116 cm³/mol. The van der Waals surface area contributed by atoms with E-state index in [4.69, 9.17) is 0 Å². The molecule has 4 aromatic rings. The highest BCUT2D eigenvalue weighted by atomic mass is 32.1. The Morgan fingerprint density at radius 1 is 1.14 bits per heavy atom. The van der Waals surface area contributed by atoms with Crippen molar-refractivity contribution in [2.75, 3.05) is 6.54 Å². The highest BCUT2D eigenvalue weighted by Gasteiger charge is 2.10. The highest BCUT2D eigenvalue weighted by molar-refractivity contribution is 7.16. The van der Waals surface area contributed by atoms with E-state index in [0.29, 0.717) is 13.0 Å². The number of rotatable bonds is 7. The summed E-state index contributed by atoms with van der Waals surface area (Å²) in [4.78, 5) is 27.8. The monoisotopic (exact) mass is 426 g/mol. The number of nitrogens with one attached hydrogen (secondary N) is 1. The van der Waals surface area contributed by atoms with E-state index in [1.807, 2.05) is 24.4 Å². The van der Waals surface area contributed by atoms with Crippen molar-refractivity contribution in [2.24, 2.45) is 0 Å². The van der Waals surface area contributed by atoms with Gasteiger partial charge in [-0.3, -0.25) is 9.78 Å². The Hall–Kier alpha value is -2.42. The molecule has 0 aliphatic carbocycles. The number of carbonyl (C=O) groups excluding carboxylic acids is 1. The van der Waals surface area contributed by atoms with E-state index < -0.39 is 0 Å². The van der Waals surface area contributed by atoms with E-state index in [-0.39, 0.29) is 5.91 Å². The van der Waals surface area contributed by atoms with Crippen molar-refractivity contribution < 1.29 is 4.79 Å². The van der Waals surface area contributed by atoms with Gasteiger partial charge in [-0.25, -0.2) is 9.97 Å². The van der Waals surface area contributed by atoms with Crippen LogP contribution in [0.15, 0.2) is 47.4 Å². The summed E-state index contributed by atoms with van der Waals surface area (Å²) in [5, 5.41) is 8.97. The second kappa shape index (κ2) is 8.72. The molecular formula is C20H18N4OS3. The normalized spacial score (nSPS) is 10.9. The van der Waals surface area contributed by atoms with Crippen molar-refractivity contribution in [3.63, 3.8) is 0 Å². The molecule has 4 aromatic heterocycles. The molecule has 1 N–H and O–H groups in total. The minimum atomic E-state index is -0.00468. The van der Waals surface area contributed by atoms with Crippen LogP contribution in [0.3, 0.4) is 0 Å². The van der Waals surface area contributed by atoms with Crippen molar-refractivity contribution in [1.82, 2.24) is 20.3 Å². The number of aryl methyl sites for hydroxylation is 1. The Kier molecular flexibility index (Phi) is 5.90. The number of thiazole rings is 2. The molecule has 142 valence electrons. The van der Waals surface area contributed by atoms with Gasteiger partial charge in [0.25, 0.3) is 0 Å². The van der Waals surface area contributed by atoms with Gasteiger partial charge in [0.05, 0.1) is 27.7 Å². The maximum absolute atomic E-state index is 12.2. The smallest absolute Gasteiger partial charge is 0.226 e. The van der Waals surface area contributed by atoms with Crippen LogP contribution >= 0.6 is 34.0 Å². The predicted octanol–water partition coefficient (Wildman–Crippen LogP) is 4.60. The first-order valence-electron chi connectivity index (χ1n) is 8.80. The Morgan fingerprint density at radius 2 is 2.07 bits per heavy atom. The van der Waals surface area contributed by atoms with E-state index in [1.54, 1.807) is 35.1 Å². The van der Waals surface area contributed by atoms with Crippen molar-refractivity contribution in [2.45, 2.75) is 19.8 Å². The fourth-order valence-corrected chi connectivity index (χ4v) is 5.15. The van der Waals surface area contributed by atoms with E-state index in [2.05, 4.69) is 37.8 Å². The molecule has 0 unspecified atom stereocenters. The van der Waals surface area contributed by atoms with Gasteiger partial charge in [0.15, 0.2) is 0 Å². The molecule has 1 amide bonds. The Labute approximate surface area is 175 Å². The average Bonchev–Trinajstić information content (AvgIpc) is 3.44. The summed E-state index contributed by atoms with van der Waals surface area (Å²) in [6.07, 6.45) is 4.63. The largest absolute Gasteiger partial charge is 0.355 e. The molecule has 0 saturated heterocycles. The minimum absolute atomic E-state index is 0.00468. The lowest BCUT2D eigenvalue weighted by molar-refractivity contribution is -0.120. The molecule has 28 heavy (non-hydrogen) atoms. The SMILES string of the molecule is Cc1nc(-c2ccc(CCNC(=O)Cc3csc(-c4cccnc4)n3)s2)cs1.